The van der Waals surface area contributed by atoms with Gasteiger partial charge < -0.3 is 9.73 Å². The van der Waals surface area contributed by atoms with Crippen molar-refractivity contribution < 1.29 is 9.21 Å². The van der Waals surface area contributed by atoms with Crippen molar-refractivity contribution in [1.29, 1.82) is 0 Å². The molecule has 1 fully saturated rings. The monoisotopic (exact) mass is 476 g/mol. The van der Waals surface area contributed by atoms with Crippen molar-refractivity contribution in [2.24, 2.45) is 5.41 Å². The molecule has 9 heteroatoms. The first-order chi connectivity index (χ1) is 14.7. The van der Waals surface area contributed by atoms with Crippen LogP contribution in [0, 0.1) is 5.41 Å². The quantitative estimate of drug-likeness (QED) is 0.326. The smallest absolute Gasteiger partial charge is 0.229 e. The fraction of sp³-hybridized carbons (Fsp3) is 0.364. The Kier molecular flexibility index (Phi) is 6.03. The zero-order chi connectivity index (χ0) is 22.3. The number of carbonyl (C=O) groups excluding carboxylic acids is 1. The molecule has 1 amide bonds. The number of oxazole rings is 1. The van der Waals surface area contributed by atoms with E-state index in [9.17, 15) is 4.79 Å². The predicted molar refractivity (Wildman–Crippen MR) is 125 cm³/mol. The molecule has 1 saturated carbocycles. The van der Waals surface area contributed by atoms with Gasteiger partial charge in [-0.3, -0.25) is 4.79 Å². The Bertz CT molecular complexity index is 1150. The Morgan fingerprint density at radius 1 is 1.23 bits per heavy atom. The summed E-state index contributed by atoms with van der Waals surface area (Å²) in [4.78, 5) is 26.1. The highest BCUT2D eigenvalue weighted by Gasteiger charge is 2.32. The molecule has 0 radical (unpaired) electrons. The third-order valence-corrected chi connectivity index (χ3v) is 6.03. The van der Waals surface area contributed by atoms with Crippen molar-refractivity contribution in [2.45, 2.75) is 44.7 Å². The van der Waals surface area contributed by atoms with Crippen LogP contribution in [0.2, 0.25) is 10.0 Å². The summed E-state index contributed by atoms with van der Waals surface area (Å²) < 4.78 is 6.15. The Morgan fingerprint density at radius 2 is 1.97 bits per heavy atom. The highest BCUT2D eigenvalue weighted by Crippen LogP contribution is 2.46. The molecule has 4 rings (SSSR count). The van der Waals surface area contributed by atoms with Crippen molar-refractivity contribution in [2.75, 3.05) is 11.6 Å². The van der Waals surface area contributed by atoms with Crippen LogP contribution < -0.4 is 5.32 Å². The van der Waals surface area contributed by atoms with Crippen LogP contribution in [-0.4, -0.2) is 27.1 Å². The first-order valence-electron chi connectivity index (χ1n) is 9.86. The zero-order valence-corrected chi connectivity index (χ0v) is 20.0. The van der Waals surface area contributed by atoms with Gasteiger partial charge in [0, 0.05) is 28.1 Å². The number of amides is 1. The summed E-state index contributed by atoms with van der Waals surface area (Å²) in [7, 11) is 0. The fourth-order valence-corrected chi connectivity index (χ4v) is 3.75. The zero-order valence-electron chi connectivity index (χ0n) is 17.6. The number of benzene rings is 1. The van der Waals surface area contributed by atoms with Crippen molar-refractivity contribution in [1.82, 2.24) is 15.0 Å². The van der Waals surface area contributed by atoms with Gasteiger partial charge in [0.25, 0.3) is 0 Å². The lowest BCUT2D eigenvalue weighted by atomic mass is 9.95. The van der Waals surface area contributed by atoms with E-state index in [1.807, 2.05) is 27.0 Å². The molecule has 31 heavy (non-hydrogen) atoms. The van der Waals surface area contributed by atoms with Crippen molar-refractivity contribution in [3.8, 4) is 22.7 Å². The predicted octanol–water partition coefficient (Wildman–Crippen LogP) is 6.69. The van der Waals surface area contributed by atoms with Crippen LogP contribution in [0.3, 0.4) is 0 Å². The summed E-state index contributed by atoms with van der Waals surface area (Å²) in [5.74, 6) is 1.30. The number of halogens is 2. The van der Waals surface area contributed by atoms with Crippen molar-refractivity contribution in [3.05, 3.63) is 40.3 Å². The molecule has 0 spiro atoms. The normalized spacial score (nSPS) is 14.0. The van der Waals surface area contributed by atoms with E-state index in [-0.39, 0.29) is 5.91 Å². The molecule has 1 aliphatic carbocycles. The first kappa shape index (κ1) is 22.1. The molecule has 0 atom stereocenters. The lowest BCUT2D eigenvalue weighted by molar-refractivity contribution is -0.123. The van der Waals surface area contributed by atoms with Gasteiger partial charge in [-0.1, -0.05) is 55.7 Å². The van der Waals surface area contributed by atoms with Crippen LogP contribution >= 0.6 is 35.0 Å². The van der Waals surface area contributed by atoms with Crippen molar-refractivity contribution in [3.63, 3.8) is 0 Å². The number of anilines is 1. The molecule has 2 aromatic heterocycles. The number of nitrogens with zero attached hydrogens (tertiary/aromatic N) is 3. The Balaban J connectivity index is 1.85. The molecule has 1 aromatic carbocycles. The fourth-order valence-electron chi connectivity index (χ4n) is 2.93. The van der Waals surface area contributed by atoms with Crippen LogP contribution in [0.25, 0.3) is 22.7 Å². The summed E-state index contributed by atoms with van der Waals surface area (Å²) in [5, 5.41) is 4.28. The third kappa shape index (κ3) is 4.73. The van der Waals surface area contributed by atoms with Gasteiger partial charge >= 0.3 is 0 Å². The number of nitrogens with one attached hydrogen (secondary N) is 1. The van der Waals surface area contributed by atoms with Gasteiger partial charge in [0.2, 0.25) is 5.91 Å². The lowest BCUT2D eigenvalue weighted by Gasteiger charge is -2.19. The van der Waals surface area contributed by atoms with Gasteiger partial charge in [-0.15, -0.1) is 0 Å². The van der Waals surface area contributed by atoms with Gasteiger partial charge in [-0.2, -0.15) is 0 Å². The Hall–Kier alpha value is -2.09. The average molecular weight is 477 g/mol. The van der Waals surface area contributed by atoms with E-state index in [0.717, 1.165) is 12.8 Å². The minimum absolute atomic E-state index is 0.165. The van der Waals surface area contributed by atoms with E-state index in [2.05, 4.69) is 15.3 Å². The SMILES string of the molecule is CSc1nccc(-c2oc(C3CC3)nc2-c2cc(Cl)cc(NC(=O)C(C)(C)C)c2Cl)n1. The molecule has 0 aliphatic heterocycles. The molecular weight excluding hydrogens is 455 g/mol. The summed E-state index contributed by atoms with van der Waals surface area (Å²) in [5.41, 5.74) is 1.59. The number of thioether (sulfide) groups is 1. The van der Waals surface area contributed by atoms with Crippen LogP contribution in [0.4, 0.5) is 5.69 Å². The lowest BCUT2D eigenvalue weighted by Crippen LogP contribution is -2.27. The maximum atomic E-state index is 12.5. The largest absolute Gasteiger partial charge is 0.438 e. The molecule has 0 unspecified atom stereocenters. The third-order valence-electron chi connectivity index (χ3n) is 4.84. The molecule has 0 saturated heterocycles. The Labute approximate surface area is 195 Å². The van der Waals surface area contributed by atoms with Gasteiger partial charge in [0.1, 0.15) is 11.4 Å². The molecule has 6 nitrogen and oxygen atoms in total. The van der Waals surface area contributed by atoms with Crippen LogP contribution in [0.5, 0.6) is 0 Å². The van der Waals surface area contributed by atoms with E-state index in [1.165, 1.54) is 11.8 Å². The highest BCUT2D eigenvalue weighted by molar-refractivity contribution is 7.98. The van der Waals surface area contributed by atoms with E-state index in [1.54, 1.807) is 24.4 Å². The average Bonchev–Trinajstić information content (AvgIpc) is 3.48. The summed E-state index contributed by atoms with van der Waals surface area (Å²) in [6.07, 6.45) is 5.67. The van der Waals surface area contributed by atoms with Gasteiger partial charge in [-0.25, -0.2) is 15.0 Å². The van der Waals surface area contributed by atoms with Gasteiger partial charge in [-0.05, 0) is 37.3 Å². The minimum Gasteiger partial charge on any atom is -0.438 e. The van der Waals surface area contributed by atoms with Crippen LogP contribution in [0.1, 0.15) is 45.4 Å². The summed E-state index contributed by atoms with van der Waals surface area (Å²) >= 11 is 14.6. The molecule has 162 valence electrons. The Morgan fingerprint density at radius 3 is 2.61 bits per heavy atom. The first-order valence-corrected chi connectivity index (χ1v) is 11.8. The van der Waals surface area contributed by atoms with Crippen LogP contribution in [-0.2, 0) is 4.79 Å². The number of rotatable bonds is 5. The second kappa shape index (κ2) is 8.45. The van der Waals surface area contributed by atoms with Gasteiger partial charge in [0.15, 0.2) is 16.8 Å². The number of hydrogen-bond acceptors (Lipinski definition) is 6. The van der Waals surface area contributed by atoms with Crippen LogP contribution in [0.15, 0.2) is 34.0 Å². The standard InChI is InChI=1S/C22H22Cl2N4O2S/c1-22(2,3)20(29)26-15-10-12(23)9-13(16(15)24)17-18(30-19(28-17)11-5-6-11)14-7-8-25-21(27-14)31-4/h7-11H,5-6H2,1-4H3,(H,26,29). The molecule has 2 heterocycles. The van der Waals surface area contributed by atoms with E-state index in [0.29, 0.717) is 55.4 Å². The molecule has 1 N–H and O–H groups in total. The second-order valence-electron chi connectivity index (χ2n) is 8.45. The highest BCUT2D eigenvalue weighted by atomic mass is 35.5. The summed E-state index contributed by atoms with van der Waals surface area (Å²) in [6, 6.07) is 5.14. The number of carbonyl (C=O) groups is 1. The van der Waals surface area contributed by atoms with E-state index < -0.39 is 5.41 Å². The van der Waals surface area contributed by atoms with Crippen molar-refractivity contribution >= 4 is 46.6 Å². The summed E-state index contributed by atoms with van der Waals surface area (Å²) in [6.45, 7) is 5.49. The molecule has 0 bridgehead atoms. The second-order valence-corrected chi connectivity index (χ2v) is 10.0. The maximum absolute atomic E-state index is 12.5. The number of hydrogen-bond donors (Lipinski definition) is 1. The minimum atomic E-state index is -0.584. The molecule has 3 aromatic rings. The molecule has 1 aliphatic rings. The topological polar surface area (TPSA) is 80.9 Å². The van der Waals surface area contributed by atoms with E-state index >= 15 is 0 Å². The van der Waals surface area contributed by atoms with E-state index in [4.69, 9.17) is 32.6 Å². The maximum Gasteiger partial charge on any atom is 0.229 e. The van der Waals surface area contributed by atoms with Gasteiger partial charge in [0.05, 0.1) is 10.7 Å². The molecular formula is C22H22Cl2N4O2S. The number of aromatic nitrogens is 3.